The van der Waals surface area contributed by atoms with E-state index in [2.05, 4.69) is 22.1 Å². The SMILES string of the molecule is O=C(CSc1nc2ccccc2o1)NCC#Cc1cccc(Cl)c1. The van der Waals surface area contributed by atoms with Gasteiger partial charge in [-0.05, 0) is 30.3 Å². The number of fused-ring (bicyclic) bond motifs is 1. The molecule has 0 saturated carbocycles. The van der Waals surface area contributed by atoms with Crippen LogP contribution in [0, 0.1) is 11.8 Å². The van der Waals surface area contributed by atoms with E-state index in [1.807, 2.05) is 36.4 Å². The molecule has 24 heavy (non-hydrogen) atoms. The maximum Gasteiger partial charge on any atom is 0.257 e. The van der Waals surface area contributed by atoms with Gasteiger partial charge in [-0.15, -0.1) is 0 Å². The topological polar surface area (TPSA) is 55.1 Å². The molecule has 0 atom stereocenters. The second-order valence-corrected chi connectivity index (χ2v) is 6.19. The van der Waals surface area contributed by atoms with Crippen LogP contribution < -0.4 is 5.32 Å². The van der Waals surface area contributed by atoms with Crippen molar-refractivity contribution in [1.82, 2.24) is 10.3 Å². The van der Waals surface area contributed by atoms with Crippen molar-refractivity contribution in [1.29, 1.82) is 0 Å². The van der Waals surface area contributed by atoms with Gasteiger partial charge in [0.05, 0.1) is 12.3 Å². The average molecular weight is 357 g/mol. The van der Waals surface area contributed by atoms with Crippen LogP contribution in [0.2, 0.25) is 5.02 Å². The van der Waals surface area contributed by atoms with E-state index in [4.69, 9.17) is 16.0 Å². The van der Waals surface area contributed by atoms with E-state index >= 15 is 0 Å². The van der Waals surface area contributed by atoms with Crippen LogP contribution in [0.3, 0.4) is 0 Å². The number of thioether (sulfide) groups is 1. The molecule has 2 aromatic carbocycles. The number of halogens is 1. The first-order valence-electron chi connectivity index (χ1n) is 7.20. The second kappa shape index (κ2) is 7.91. The van der Waals surface area contributed by atoms with Gasteiger partial charge in [0.15, 0.2) is 5.58 Å². The minimum atomic E-state index is -0.123. The molecule has 0 fully saturated rings. The molecule has 1 aromatic heterocycles. The van der Waals surface area contributed by atoms with Gasteiger partial charge >= 0.3 is 0 Å². The number of hydrogen-bond donors (Lipinski definition) is 1. The molecule has 0 radical (unpaired) electrons. The van der Waals surface area contributed by atoms with E-state index in [9.17, 15) is 4.79 Å². The minimum absolute atomic E-state index is 0.123. The number of hydrogen-bond acceptors (Lipinski definition) is 4. The number of aromatic nitrogens is 1. The minimum Gasteiger partial charge on any atom is -0.431 e. The number of carbonyl (C=O) groups is 1. The Morgan fingerprint density at radius 2 is 2.12 bits per heavy atom. The molecule has 3 rings (SSSR count). The van der Waals surface area contributed by atoms with Crippen LogP contribution in [0.25, 0.3) is 11.1 Å². The largest absolute Gasteiger partial charge is 0.431 e. The Morgan fingerprint density at radius 1 is 1.25 bits per heavy atom. The van der Waals surface area contributed by atoms with Crippen molar-refractivity contribution in [3.63, 3.8) is 0 Å². The summed E-state index contributed by atoms with van der Waals surface area (Å²) in [4.78, 5) is 16.1. The highest BCUT2D eigenvalue weighted by Gasteiger charge is 2.08. The van der Waals surface area contributed by atoms with Crippen LogP contribution in [0.15, 0.2) is 58.2 Å². The predicted octanol–water partition coefficient (Wildman–Crippen LogP) is 3.74. The number of rotatable bonds is 4. The molecule has 1 amide bonds. The molecule has 4 nitrogen and oxygen atoms in total. The van der Waals surface area contributed by atoms with Crippen molar-refractivity contribution in [3.05, 3.63) is 59.1 Å². The third-order valence-corrected chi connectivity index (χ3v) is 4.10. The normalized spacial score (nSPS) is 10.2. The number of para-hydroxylation sites is 2. The summed E-state index contributed by atoms with van der Waals surface area (Å²) in [6, 6.07) is 14.8. The zero-order valence-corrected chi connectivity index (χ0v) is 14.2. The van der Waals surface area contributed by atoms with Crippen LogP contribution >= 0.6 is 23.4 Å². The third kappa shape index (κ3) is 4.54. The summed E-state index contributed by atoms with van der Waals surface area (Å²) in [7, 11) is 0. The quantitative estimate of drug-likeness (QED) is 0.571. The van der Waals surface area contributed by atoms with Crippen molar-refractivity contribution in [2.45, 2.75) is 5.22 Å². The first kappa shape index (κ1) is 16.4. The molecule has 6 heteroatoms. The number of nitrogens with one attached hydrogen (secondary N) is 1. The Bertz CT molecular complexity index is 894. The molecule has 120 valence electrons. The van der Waals surface area contributed by atoms with Crippen molar-refractivity contribution in [3.8, 4) is 11.8 Å². The predicted molar refractivity (Wildman–Crippen MR) is 96.1 cm³/mol. The van der Waals surface area contributed by atoms with E-state index in [1.54, 1.807) is 12.1 Å². The lowest BCUT2D eigenvalue weighted by Crippen LogP contribution is -2.25. The van der Waals surface area contributed by atoms with Gasteiger partial charge in [-0.25, -0.2) is 4.98 Å². The van der Waals surface area contributed by atoms with Gasteiger partial charge < -0.3 is 9.73 Å². The van der Waals surface area contributed by atoms with Crippen molar-refractivity contribution in [2.75, 3.05) is 12.3 Å². The van der Waals surface area contributed by atoms with Gasteiger partial charge in [0.25, 0.3) is 5.22 Å². The highest BCUT2D eigenvalue weighted by Crippen LogP contribution is 2.22. The maximum absolute atomic E-state index is 11.8. The van der Waals surface area contributed by atoms with Gasteiger partial charge in [0.1, 0.15) is 5.52 Å². The van der Waals surface area contributed by atoms with E-state index < -0.39 is 0 Å². The van der Waals surface area contributed by atoms with Crippen LogP contribution in [0.5, 0.6) is 0 Å². The summed E-state index contributed by atoms with van der Waals surface area (Å²) in [5.41, 5.74) is 2.32. The lowest BCUT2D eigenvalue weighted by molar-refractivity contribution is -0.118. The lowest BCUT2D eigenvalue weighted by atomic mass is 10.2. The zero-order chi connectivity index (χ0) is 16.8. The van der Waals surface area contributed by atoms with Crippen LogP contribution in [-0.2, 0) is 4.79 Å². The number of amides is 1. The van der Waals surface area contributed by atoms with E-state index in [0.717, 1.165) is 11.1 Å². The van der Waals surface area contributed by atoms with Crippen LogP contribution in [0.4, 0.5) is 0 Å². The molecule has 0 aliphatic rings. The number of oxazole rings is 1. The highest BCUT2D eigenvalue weighted by atomic mass is 35.5. The molecule has 0 saturated heterocycles. The van der Waals surface area contributed by atoms with Gasteiger partial charge in [0, 0.05) is 10.6 Å². The summed E-state index contributed by atoms with van der Waals surface area (Å²) < 4.78 is 5.54. The summed E-state index contributed by atoms with van der Waals surface area (Å²) >= 11 is 7.14. The van der Waals surface area contributed by atoms with Gasteiger partial charge in [-0.2, -0.15) is 0 Å². The molecule has 1 heterocycles. The van der Waals surface area contributed by atoms with Gasteiger partial charge in [0.2, 0.25) is 5.91 Å². The molecular weight excluding hydrogens is 344 g/mol. The average Bonchev–Trinajstić information content (AvgIpc) is 3.00. The molecule has 0 aliphatic heterocycles. The molecule has 0 spiro atoms. The molecule has 3 aromatic rings. The van der Waals surface area contributed by atoms with Crippen LogP contribution in [-0.4, -0.2) is 23.2 Å². The first-order valence-corrected chi connectivity index (χ1v) is 8.56. The summed E-state index contributed by atoms with van der Waals surface area (Å²) in [6.07, 6.45) is 0. The lowest BCUT2D eigenvalue weighted by Gasteiger charge is -1.98. The van der Waals surface area contributed by atoms with Crippen LogP contribution in [0.1, 0.15) is 5.56 Å². The Hall–Kier alpha value is -2.42. The van der Waals surface area contributed by atoms with Crippen molar-refractivity contribution >= 4 is 40.4 Å². The fourth-order valence-corrected chi connectivity index (χ4v) is 2.80. The first-order chi connectivity index (χ1) is 11.7. The number of nitrogens with zero attached hydrogens (tertiary/aromatic N) is 1. The Labute approximate surface area is 148 Å². The van der Waals surface area contributed by atoms with Gasteiger partial charge in [-0.3, -0.25) is 4.79 Å². The third-order valence-electron chi connectivity index (χ3n) is 3.03. The zero-order valence-electron chi connectivity index (χ0n) is 12.6. The fraction of sp³-hybridized carbons (Fsp3) is 0.111. The molecule has 0 bridgehead atoms. The van der Waals surface area contributed by atoms with E-state index in [-0.39, 0.29) is 18.2 Å². The smallest absolute Gasteiger partial charge is 0.257 e. The Balaban J connectivity index is 1.46. The van der Waals surface area contributed by atoms with Gasteiger partial charge in [-0.1, -0.05) is 53.4 Å². The molecule has 0 aliphatic carbocycles. The Kier molecular flexibility index (Phi) is 5.42. The summed E-state index contributed by atoms with van der Waals surface area (Å²) in [6.45, 7) is 0.277. The fourth-order valence-electron chi connectivity index (χ4n) is 1.95. The second-order valence-electron chi connectivity index (χ2n) is 4.83. The monoisotopic (exact) mass is 356 g/mol. The molecular formula is C18H13ClN2O2S. The molecule has 1 N–H and O–H groups in total. The van der Waals surface area contributed by atoms with Crippen molar-refractivity contribution < 1.29 is 9.21 Å². The molecule has 0 unspecified atom stereocenters. The highest BCUT2D eigenvalue weighted by molar-refractivity contribution is 7.99. The Morgan fingerprint density at radius 3 is 2.96 bits per heavy atom. The van der Waals surface area contributed by atoms with E-state index in [0.29, 0.717) is 15.8 Å². The summed E-state index contributed by atoms with van der Waals surface area (Å²) in [5, 5.41) is 3.86. The maximum atomic E-state index is 11.8. The van der Waals surface area contributed by atoms with E-state index in [1.165, 1.54) is 11.8 Å². The number of carbonyl (C=O) groups excluding carboxylic acids is 1. The summed E-state index contributed by atoms with van der Waals surface area (Å²) in [5.74, 6) is 5.94. The standard InChI is InChI=1S/C18H13ClN2O2S/c19-14-7-3-5-13(11-14)6-4-10-20-17(22)12-24-18-21-15-8-1-2-9-16(15)23-18/h1-3,5,7-9,11H,10,12H2,(H,20,22). The van der Waals surface area contributed by atoms with Crippen molar-refractivity contribution in [2.24, 2.45) is 0 Å². The number of benzene rings is 2.